The third-order valence-electron chi connectivity index (χ3n) is 3.23. The number of carbonyl (C=O) groups is 1. The molecular formula is C12H25ClN2O2. The lowest BCUT2D eigenvalue weighted by atomic mass is 10.1. The van der Waals surface area contributed by atoms with Crippen molar-refractivity contribution >= 4 is 18.3 Å². The summed E-state index contributed by atoms with van der Waals surface area (Å²) in [4.78, 5) is 11.7. The first-order valence-corrected chi connectivity index (χ1v) is 6.28. The molecule has 102 valence electrons. The fourth-order valence-electron chi connectivity index (χ4n) is 2.18. The molecule has 0 radical (unpaired) electrons. The molecule has 1 rings (SSSR count). The molecular weight excluding hydrogens is 240 g/mol. The molecule has 1 saturated carbocycles. The Morgan fingerprint density at radius 3 is 2.41 bits per heavy atom. The number of ether oxygens (including phenoxy) is 1. The Kier molecular flexibility index (Phi) is 9.50. The molecule has 4 nitrogen and oxygen atoms in total. The van der Waals surface area contributed by atoms with Gasteiger partial charge in [0, 0.05) is 19.7 Å². The molecule has 1 fully saturated rings. The molecule has 0 heterocycles. The lowest BCUT2D eigenvalue weighted by Crippen LogP contribution is -2.38. The largest absolute Gasteiger partial charge is 0.380 e. The number of nitrogens with two attached hydrogens (primary N) is 1. The van der Waals surface area contributed by atoms with Gasteiger partial charge in [0.25, 0.3) is 0 Å². The van der Waals surface area contributed by atoms with Crippen molar-refractivity contribution in [1.82, 2.24) is 5.32 Å². The Bertz CT molecular complexity index is 203. The van der Waals surface area contributed by atoms with Crippen molar-refractivity contribution in [2.45, 2.75) is 57.1 Å². The monoisotopic (exact) mass is 264 g/mol. The molecule has 0 bridgehead atoms. The molecule has 0 aliphatic heterocycles. The van der Waals surface area contributed by atoms with Gasteiger partial charge in [0.05, 0.1) is 12.5 Å². The van der Waals surface area contributed by atoms with E-state index in [1.54, 1.807) is 7.11 Å². The number of hydrogen-bond acceptors (Lipinski definition) is 3. The van der Waals surface area contributed by atoms with Gasteiger partial charge in [0.1, 0.15) is 0 Å². The maximum atomic E-state index is 11.7. The zero-order chi connectivity index (χ0) is 11.8. The summed E-state index contributed by atoms with van der Waals surface area (Å²) in [6, 6.07) is 0.366. The Hall–Kier alpha value is -0.320. The van der Waals surface area contributed by atoms with Gasteiger partial charge in [-0.05, 0) is 12.8 Å². The highest BCUT2D eigenvalue weighted by Gasteiger charge is 2.17. The summed E-state index contributed by atoms with van der Waals surface area (Å²) in [6.45, 7) is 0.397. The maximum absolute atomic E-state index is 11.7. The molecule has 0 aromatic heterocycles. The SMILES string of the molecule is COC(CN)CC(=O)NC1CCCCCC1.Cl. The minimum atomic E-state index is -0.147. The smallest absolute Gasteiger partial charge is 0.222 e. The summed E-state index contributed by atoms with van der Waals surface area (Å²) in [7, 11) is 1.59. The fraction of sp³-hybridized carbons (Fsp3) is 0.917. The second-order valence-corrected chi connectivity index (χ2v) is 4.55. The van der Waals surface area contributed by atoms with Crippen LogP contribution in [-0.4, -0.2) is 31.7 Å². The summed E-state index contributed by atoms with van der Waals surface area (Å²) in [6.07, 6.45) is 7.53. The number of nitrogens with one attached hydrogen (secondary N) is 1. The predicted octanol–water partition coefficient (Wildman–Crippen LogP) is 1.61. The van der Waals surface area contributed by atoms with Crippen LogP contribution >= 0.6 is 12.4 Å². The molecule has 0 spiro atoms. The number of amides is 1. The molecule has 5 heteroatoms. The van der Waals surface area contributed by atoms with Crippen LogP contribution in [-0.2, 0) is 9.53 Å². The highest BCUT2D eigenvalue weighted by atomic mass is 35.5. The average molecular weight is 265 g/mol. The van der Waals surface area contributed by atoms with E-state index >= 15 is 0 Å². The van der Waals surface area contributed by atoms with E-state index in [9.17, 15) is 4.79 Å². The molecule has 1 atom stereocenters. The molecule has 3 N–H and O–H groups in total. The standard InChI is InChI=1S/C12H24N2O2.ClH/c1-16-11(9-13)8-12(15)14-10-6-4-2-3-5-7-10;/h10-11H,2-9,13H2,1H3,(H,14,15);1H. The molecule has 1 aliphatic carbocycles. The third kappa shape index (κ3) is 6.86. The minimum Gasteiger partial charge on any atom is -0.380 e. The van der Waals surface area contributed by atoms with Crippen LogP contribution in [0, 0.1) is 0 Å². The van der Waals surface area contributed by atoms with Crippen LogP contribution in [0.4, 0.5) is 0 Å². The van der Waals surface area contributed by atoms with E-state index < -0.39 is 0 Å². The number of rotatable bonds is 5. The van der Waals surface area contributed by atoms with Crippen molar-refractivity contribution in [2.24, 2.45) is 5.73 Å². The average Bonchev–Trinajstić information content (AvgIpc) is 2.54. The number of hydrogen-bond donors (Lipinski definition) is 2. The van der Waals surface area contributed by atoms with Gasteiger partial charge < -0.3 is 15.8 Å². The van der Waals surface area contributed by atoms with E-state index in [2.05, 4.69) is 5.32 Å². The minimum absolute atomic E-state index is 0. The highest BCUT2D eigenvalue weighted by molar-refractivity contribution is 5.85. The van der Waals surface area contributed by atoms with Gasteiger partial charge in [-0.15, -0.1) is 12.4 Å². The summed E-state index contributed by atoms with van der Waals surface area (Å²) in [5.41, 5.74) is 5.48. The second-order valence-electron chi connectivity index (χ2n) is 4.55. The van der Waals surface area contributed by atoms with E-state index in [1.165, 1.54) is 25.7 Å². The van der Waals surface area contributed by atoms with Crippen molar-refractivity contribution in [3.05, 3.63) is 0 Å². The highest BCUT2D eigenvalue weighted by Crippen LogP contribution is 2.17. The second kappa shape index (κ2) is 9.68. The molecule has 1 unspecified atom stereocenters. The van der Waals surface area contributed by atoms with Crippen LogP contribution in [0.2, 0.25) is 0 Å². The Labute approximate surface area is 110 Å². The predicted molar refractivity (Wildman–Crippen MR) is 71.3 cm³/mol. The van der Waals surface area contributed by atoms with Crippen LogP contribution < -0.4 is 11.1 Å². The summed E-state index contributed by atoms with van der Waals surface area (Å²) < 4.78 is 5.10. The molecule has 0 saturated heterocycles. The van der Waals surface area contributed by atoms with Gasteiger partial charge in [-0.2, -0.15) is 0 Å². The Morgan fingerprint density at radius 1 is 1.35 bits per heavy atom. The van der Waals surface area contributed by atoms with E-state index in [-0.39, 0.29) is 24.4 Å². The normalized spacial score (nSPS) is 18.9. The van der Waals surface area contributed by atoms with Crippen molar-refractivity contribution in [3.8, 4) is 0 Å². The van der Waals surface area contributed by atoms with Gasteiger partial charge in [-0.3, -0.25) is 4.79 Å². The fourth-order valence-corrected chi connectivity index (χ4v) is 2.18. The topological polar surface area (TPSA) is 64.3 Å². The molecule has 1 aliphatic rings. The summed E-state index contributed by atoms with van der Waals surface area (Å²) in [5, 5.41) is 3.08. The first-order chi connectivity index (χ1) is 7.76. The quantitative estimate of drug-likeness (QED) is 0.742. The van der Waals surface area contributed by atoms with Crippen LogP contribution in [0.3, 0.4) is 0 Å². The van der Waals surface area contributed by atoms with Crippen molar-refractivity contribution in [3.63, 3.8) is 0 Å². The van der Waals surface area contributed by atoms with Gasteiger partial charge in [0.15, 0.2) is 0 Å². The van der Waals surface area contributed by atoms with Crippen molar-refractivity contribution in [1.29, 1.82) is 0 Å². The van der Waals surface area contributed by atoms with Crippen LogP contribution in [0.15, 0.2) is 0 Å². The van der Waals surface area contributed by atoms with Gasteiger partial charge in [0.2, 0.25) is 5.91 Å². The zero-order valence-corrected chi connectivity index (χ0v) is 11.4. The van der Waals surface area contributed by atoms with Gasteiger partial charge in [-0.1, -0.05) is 25.7 Å². The molecule has 17 heavy (non-hydrogen) atoms. The molecule has 0 aromatic rings. The maximum Gasteiger partial charge on any atom is 0.222 e. The Balaban J connectivity index is 0.00000256. The van der Waals surface area contributed by atoms with Crippen LogP contribution in [0.1, 0.15) is 44.9 Å². The number of carbonyl (C=O) groups excluding carboxylic acids is 1. The van der Waals surface area contributed by atoms with E-state index in [0.717, 1.165) is 12.8 Å². The number of methoxy groups -OCH3 is 1. The van der Waals surface area contributed by atoms with E-state index in [1.807, 2.05) is 0 Å². The number of halogens is 1. The first kappa shape index (κ1) is 16.7. The van der Waals surface area contributed by atoms with Crippen LogP contribution in [0.25, 0.3) is 0 Å². The zero-order valence-electron chi connectivity index (χ0n) is 10.6. The van der Waals surface area contributed by atoms with Crippen molar-refractivity contribution < 1.29 is 9.53 Å². The molecule has 0 aromatic carbocycles. The molecule has 1 amide bonds. The third-order valence-corrected chi connectivity index (χ3v) is 3.23. The lowest BCUT2D eigenvalue weighted by Gasteiger charge is -2.18. The van der Waals surface area contributed by atoms with E-state index in [4.69, 9.17) is 10.5 Å². The summed E-state index contributed by atoms with van der Waals surface area (Å²) >= 11 is 0. The first-order valence-electron chi connectivity index (χ1n) is 6.28. The lowest BCUT2D eigenvalue weighted by molar-refractivity contribution is -0.124. The van der Waals surface area contributed by atoms with Crippen LogP contribution in [0.5, 0.6) is 0 Å². The van der Waals surface area contributed by atoms with E-state index in [0.29, 0.717) is 19.0 Å². The Morgan fingerprint density at radius 2 is 1.94 bits per heavy atom. The van der Waals surface area contributed by atoms with Gasteiger partial charge >= 0.3 is 0 Å². The summed E-state index contributed by atoms with van der Waals surface area (Å²) in [5.74, 6) is 0.0733. The van der Waals surface area contributed by atoms with Crippen molar-refractivity contribution in [2.75, 3.05) is 13.7 Å². The van der Waals surface area contributed by atoms with Gasteiger partial charge in [-0.25, -0.2) is 0 Å².